The van der Waals surface area contributed by atoms with Crippen LogP contribution in [0.25, 0.3) is 11.4 Å². The number of aromatic amines is 2. The van der Waals surface area contributed by atoms with Gasteiger partial charge < -0.3 is 10.0 Å². The largest absolute Gasteiger partial charge is 0.391 e. The fourth-order valence-electron chi connectivity index (χ4n) is 3.37. The van der Waals surface area contributed by atoms with Crippen LogP contribution in [0.2, 0.25) is 0 Å². The van der Waals surface area contributed by atoms with Crippen molar-refractivity contribution in [1.29, 1.82) is 0 Å². The van der Waals surface area contributed by atoms with E-state index in [1.54, 1.807) is 17.0 Å². The summed E-state index contributed by atoms with van der Waals surface area (Å²) in [4.78, 5) is 18.6. The maximum atomic E-state index is 12.7. The van der Waals surface area contributed by atoms with E-state index in [4.69, 9.17) is 0 Å². The Morgan fingerprint density at radius 3 is 2.73 bits per heavy atom. The quantitative estimate of drug-likeness (QED) is 0.653. The molecule has 0 radical (unpaired) electrons. The van der Waals surface area contributed by atoms with Crippen molar-refractivity contribution in [2.75, 3.05) is 13.1 Å². The Kier molecular flexibility index (Phi) is 4.26. The second kappa shape index (κ2) is 6.72. The molecule has 4 rings (SSSR count). The standard InChI is InChI=1S/C18H20N6O2/c1-11-6-15(22-21-11)7-14-8-24(9-16(14)25)18(26)13-4-2-12(3-5-13)17-19-10-20-23-17/h2-6,10,14,16,25H,7-9H2,1H3,(H,21,22)(H,19,20,23)/t14-,16+/m0/s1. The molecule has 3 N–H and O–H groups in total. The lowest BCUT2D eigenvalue weighted by Gasteiger charge is -2.16. The van der Waals surface area contributed by atoms with Crippen molar-refractivity contribution in [2.45, 2.75) is 19.4 Å². The van der Waals surface area contributed by atoms with Crippen molar-refractivity contribution in [2.24, 2.45) is 5.92 Å². The van der Waals surface area contributed by atoms with E-state index in [1.165, 1.54) is 6.33 Å². The predicted octanol–water partition coefficient (Wildman–Crippen LogP) is 1.18. The number of aliphatic hydroxyl groups excluding tert-OH is 1. The Balaban J connectivity index is 1.43. The van der Waals surface area contributed by atoms with E-state index in [-0.39, 0.29) is 11.8 Å². The van der Waals surface area contributed by atoms with E-state index < -0.39 is 6.10 Å². The monoisotopic (exact) mass is 352 g/mol. The number of carbonyl (C=O) groups excluding carboxylic acids is 1. The van der Waals surface area contributed by atoms with Gasteiger partial charge >= 0.3 is 0 Å². The van der Waals surface area contributed by atoms with Gasteiger partial charge in [0.1, 0.15) is 6.33 Å². The number of amides is 1. The molecule has 1 aromatic carbocycles. The number of rotatable bonds is 4. The highest BCUT2D eigenvalue weighted by Crippen LogP contribution is 2.23. The zero-order valence-corrected chi connectivity index (χ0v) is 14.4. The van der Waals surface area contributed by atoms with Crippen LogP contribution >= 0.6 is 0 Å². The summed E-state index contributed by atoms with van der Waals surface area (Å²) >= 11 is 0. The molecular formula is C18H20N6O2. The third-order valence-electron chi connectivity index (χ3n) is 4.74. The van der Waals surface area contributed by atoms with Crippen LogP contribution in [0, 0.1) is 12.8 Å². The molecule has 8 heteroatoms. The predicted molar refractivity (Wildman–Crippen MR) is 94.2 cm³/mol. The number of aryl methyl sites for hydroxylation is 1. The van der Waals surface area contributed by atoms with Crippen LogP contribution in [0.5, 0.6) is 0 Å². The zero-order valence-electron chi connectivity index (χ0n) is 14.4. The fourth-order valence-corrected chi connectivity index (χ4v) is 3.37. The number of β-amino-alcohol motifs (C(OH)–C–C–N with tert-alkyl or cyclic N) is 1. The van der Waals surface area contributed by atoms with Crippen LogP contribution in [0.3, 0.4) is 0 Å². The molecule has 0 bridgehead atoms. The molecule has 26 heavy (non-hydrogen) atoms. The fraction of sp³-hybridized carbons (Fsp3) is 0.333. The number of aromatic nitrogens is 5. The Bertz CT molecular complexity index is 887. The molecule has 1 amide bonds. The molecule has 0 aliphatic carbocycles. The third-order valence-corrected chi connectivity index (χ3v) is 4.74. The number of H-pyrrole nitrogens is 2. The highest BCUT2D eigenvalue weighted by atomic mass is 16.3. The second-order valence-corrected chi connectivity index (χ2v) is 6.70. The van der Waals surface area contributed by atoms with Gasteiger partial charge in [0.2, 0.25) is 0 Å². The Morgan fingerprint density at radius 2 is 2.08 bits per heavy atom. The Morgan fingerprint density at radius 1 is 1.27 bits per heavy atom. The van der Waals surface area contributed by atoms with Crippen LogP contribution in [0.15, 0.2) is 36.7 Å². The minimum absolute atomic E-state index is 0.00452. The Hall–Kier alpha value is -3.00. The molecule has 1 aliphatic rings. The SMILES string of the molecule is Cc1cc(C[C@H]2CN(C(=O)c3ccc(-c4ncn[nH]4)cc3)C[C@H]2O)n[nH]1. The molecule has 0 saturated carbocycles. The average molecular weight is 352 g/mol. The summed E-state index contributed by atoms with van der Waals surface area (Å²) < 4.78 is 0. The van der Waals surface area contributed by atoms with Gasteiger partial charge in [-0.05, 0) is 31.5 Å². The lowest BCUT2D eigenvalue weighted by Crippen LogP contribution is -2.29. The minimum atomic E-state index is -0.538. The number of aliphatic hydroxyl groups is 1. The molecule has 0 unspecified atom stereocenters. The molecule has 1 fully saturated rings. The molecule has 0 spiro atoms. The lowest BCUT2D eigenvalue weighted by molar-refractivity contribution is 0.0764. The first-order chi connectivity index (χ1) is 12.6. The maximum Gasteiger partial charge on any atom is 0.253 e. The van der Waals surface area contributed by atoms with Crippen molar-refractivity contribution in [3.05, 3.63) is 53.6 Å². The topological polar surface area (TPSA) is 111 Å². The first-order valence-electron chi connectivity index (χ1n) is 8.54. The van der Waals surface area contributed by atoms with E-state index in [0.29, 0.717) is 30.9 Å². The molecule has 3 aromatic rings. The summed E-state index contributed by atoms with van der Waals surface area (Å²) in [5.74, 6) is 0.582. The van der Waals surface area contributed by atoms with Gasteiger partial charge in [0.25, 0.3) is 5.91 Å². The number of likely N-dealkylation sites (tertiary alicyclic amines) is 1. The van der Waals surface area contributed by atoms with Crippen molar-refractivity contribution in [1.82, 2.24) is 30.3 Å². The van der Waals surface area contributed by atoms with Gasteiger partial charge in [-0.25, -0.2) is 4.98 Å². The van der Waals surface area contributed by atoms with Crippen LogP contribution in [-0.2, 0) is 6.42 Å². The molecule has 3 heterocycles. The number of benzene rings is 1. The summed E-state index contributed by atoms with van der Waals surface area (Å²) in [5.41, 5.74) is 3.37. The van der Waals surface area contributed by atoms with E-state index in [0.717, 1.165) is 17.0 Å². The van der Waals surface area contributed by atoms with Crippen molar-refractivity contribution >= 4 is 5.91 Å². The average Bonchev–Trinajstić information content (AvgIpc) is 3.38. The normalized spacial score (nSPS) is 19.8. The van der Waals surface area contributed by atoms with Gasteiger partial charge in [0.05, 0.1) is 11.8 Å². The number of hydrogen-bond donors (Lipinski definition) is 3. The summed E-state index contributed by atoms with van der Waals surface area (Å²) in [7, 11) is 0. The second-order valence-electron chi connectivity index (χ2n) is 6.70. The van der Waals surface area contributed by atoms with Crippen molar-refractivity contribution < 1.29 is 9.90 Å². The van der Waals surface area contributed by atoms with Gasteiger partial charge in [-0.3, -0.25) is 15.0 Å². The number of hydrogen-bond acceptors (Lipinski definition) is 5. The molecule has 8 nitrogen and oxygen atoms in total. The van der Waals surface area contributed by atoms with Crippen LogP contribution in [0.1, 0.15) is 21.7 Å². The van der Waals surface area contributed by atoms with Gasteiger partial charge in [0.15, 0.2) is 5.82 Å². The molecular weight excluding hydrogens is 332 g/mol. The number of nitrogens with one attached hydrogen (secondary N) is 2. The van der Waals surface area contributed by atoms with Crippen LogP contribution in [-0.4, -0.2) is 60.5 Å². The minimum Gasteiger partial charge on any atom is -0.391 e. The summed E-state index contributed by atoms with van der Waals surface area (Å²) in [6, 6.07) is 9.20. The number of nitrogens with zero attached hydrogens (tertiary/aromatic N) is 4. The smallest absolute Gasteiger partial charge is 0.253 e. The molecule has 2 aromatic heterocycles. The molecule has 2 atom stereocenters. The molecule has 1 saturated heterocycles. The summed E-state index contributed by atoms with van der Waals surface area (Å²) in [6.45, 7) is 2.81. The first-order valence-corrected chi connectivity index (χ1v) is 8.54. The van der Waals surface area contributed by atoms with Gasteiger partial charge in [-0.15, -0.1) is 0 Å². The summed E-state index contributed by atoms with van der Waals surface area (Å²) in [5, 5.41) is 24.1. The number of carbonyl (C=O) groups is 1. The van der Waals surface area contributed by atoms with E-state index in [1.807, 2.05) is 25.1 Å². The van der Waals surface area contributed by atoms with Crippen molar-refractivity contribution in [3.63, 3.8) is 0 Å². The Labute approximate surface area is 150 Å². The summed E-state index contributed by atoms with van der Waals surface area (Å²) in [6.07, 6.45) is 1.56. The van der Waals surface area contributed by atoms with Gasteiger partial charge in [-0.1, -0.05) is 12.1 Å². The van der Waals surface area contributed by atoms with E-state index >= 15 is 0 Å². The molecule has 134 valence electrons. The molecule has 1 aliphatic heterocycles. The third kappa shape index (κ3) is 3.23. The van der Waals surface area contributed by atoms with Gasteiger partial charge in [-0.2, -0.15) is 10.2 Å². The first kappa shape index (κ1) is 16.5. The van der Waals surface area contributed by atoms with Crippen molar-refractivity contribution in [3.8, 4) is 11.4 Å². The van der Waals surface area contributed by atoms with Crippen LogP contribution in [0.4, 0.5) is 0 Å². The lowest BCUT2D eigenvalue weighted by atomic mass is 10.00. The van der Waals surface area contributed by atoms with E-state index in [9.17, 15) is 9.90 Å². The zero-order chi connectivity index (χ0) is 18.1. The van der Waals surface area contributed by atoms with E-state index in [2.05, 4.69) is 25.4 Å². The highest BCUT2D eigenvalue weighted by molar-refractivity contribution is 5.94. The van der Waals surface area contributed by atoms with Crippen LogP contribution < -0.4 is 0 Å². The maximum absolute atomic E-state index is 12.7. The highest BCUT2D eigenvalue weighted by Gasteiger charge is 2.34. The van der Waals surface area contributed by atoms with Gasteiger partial charge in [0, 0.05) is 35.8 Å².